The van der Waals surface area contributed by atoms with Crippen LogP contribution in [0.25, 0.3) is 61.4 Å². The van der Waals surface area contributed by atoms with Gasteiger partial charge >= 0.3 is 0 Å². The van der Waals surface area contributed by atoms with Crippen LogP contribution in [0.3, 0.4) is 0 Å². The van der Waals surface area contributed by atoms with Crippen molar-refractivity contribution in [2.75, 3.05) is 0 Å². The van der Waals surface area contributed by atoms with Gasteiger partial charge in [-0.3, -0.25) is 0 Å². The zero-order valence-electron chi connectivity index (χ0n) is 27.5. The van der Waals surface area contributed by atoms with Gasteiger partial charge in [-0.1, -0.05) is 146 Å². The molecule has 4 heteroatoms. The van der Waals surface area contributed by atoms with E-state index in [1.165, 1.54) is 38.6 Å². The summed E-state index contributed by atoms with van der Waals surface area (Å²) in [5.41, 5.74) is 12.4. The van der Waals surface area contributed by atoms with E-state index < -0.39 is 5.41 Å². The number of hydrogen-bond acceptors (Lipinski definition) is 3. The molecule has 4 nitrogen and oxygen atoms in total. The van der Waals surface area contributed by atoms with Crippen molar-refractivity contribution in [3.63, 3.8) is 0 Å². The molecule has 7 aromatic carbocycles. The lowest BCUT2D eigenvalue weighted by Gasteiger charge is -2.45. The number of para-hydroxylation sites is 4. The summed E-state index contributed by atoms with van der Waals surface area (Å²) in [6, 6.07) is 62.2. The van der Waals surface area contributed by atoms with Crippen LogP contribution < -0.4 is 4.74 Å². The Morgan fingerprint density at radius 3 is 1.82 bits per heavy atom. The van der Waals surface area contributed by atoms with Gasteiger partial charge in [0.05, 0.1) is 33.5 Å². The molecule has 9 aromatic rings. The Hall–Kier alpha value is -6.78. The maximum atomic E-state index is 6.89. The van der Waals surface area contributed by atoms with E-state index in [1.807, 2.05) is 36.4 Å². The first-order valence-corrected chi connectivity index (χ1v) is 17.3. The Morgan fingerprint density at radius 1 is 0.431 bits per heavy atom. The van der Waals surface area contributed by atoms with Crippen molar-refractivity contribution >= 4 is 21.8 Å². The van der Waals surface area contributed by atoms with Gasteiger partial charge in [0.15, 0.2) is 5.82 Å². The Labute approximate surface area is 294 Å². The molecule has 0 amide bonds. The molecule has 0 saturated carbocycles. The van der Waals surface area contributed by atoms with Crippen molar-refractivity contribution < 1.29 is 4.74 Å². The molecular weight excluding hydrogens is 623 g/mol. The number of aromatic nitrogens is 3. The monoisotopic (exact) mass is 651 g/mol. The Balaban J connectivity index is 1.20. The van der Waals surface area contributed by atoms with Crippen molar-refractivity contribution in [1.82, 2.24) is 14.5 Å². The molecule has 1 atom stereocenters. The van der Waals surface area contributed by atoms with Gasteiger partial charge in [0.1, 0.15) is 11.5 Å². The minimum atomic E-state index is -0.620. The molecular formula is C47H29N3O. The van der Waals surface area contributed by atoms with Gasteiger partial charge in [0.25, 0.3) is 0 Å². The average Bonchev–Trinajstić information content (AvgIpc) is 3.55. The number of nitrogens with zero attached hydrogens (tertiary/aromatic N) is 3. The number of rotatable bonds is 3. The van der Waals surface area contributed by atoms with Crippen LogP contribution in [0.15, 0.2) is 176 Å². The van der Waals surface area contributed by atoms with Gasteiger partial charge in [-0.2, -0.15) is 0 Å². The van der Waals surface area contributed by atoms with E-state index in [0.29, 0.717) is 5.82 Å². The van der Waals surface area contributed by atoms with Crippen LogP contribution in [0.5, 0.6) is 11.5 Å². The topological polar surface area (TPSA) is 39.9 Å². The maximum Gasteiger partial charge on any atom is 0.160 e. The van der Waals surface area contributed by atoms with Crippen LogP contribution in [0.2, 0.25) is 0 Å². The molecule has 2 aliphatic rings. The molecule has 1 unspecified atom stereocenters. The summed E-state index contributed by atoms with van der Waals surface area (Å²) >= 11 is 0. The quantitative estimate of drug-likeness (QED) is 0.191. The minimum Gasteiger partial charge on any atom is -0.457 e. The Bertz CT molecular complexity index is 2780. The molecule has 0 aliphatic carbocycles. The van der Waals surface area contributed by atoms with Crippen molar-refractivity contribution in [2.24, 2.45) is 0 Å². The van der Waals surface area contributed by atoms with E-state index in [-0.39, 0.29) is 0 Å². The van der Waals surface area contributed by atoms with E-state index in [4.69, 9.17) is 14.7 Å². The predicted octanol–water partition coefficient (Wildman–Crippen LogP) is 11.4. The standard InChI is InChI=1S/C47H29N3O/c1-3-14-30(15-4-1)39-29-40(31-16-5-2-6-17-31)49-46(48-39)32-26-27-37-44(28-32)51-43-25-12-9-21-36(43)47(37)35-20-8-11-24-42(35)50-41-23-10-7-18-33(41)34-19-13-22-38(47)45(34)50/h1-29H. The molecule has 0 bridgehead atoms. The maximum absolute atomic E-state index is 6.89. The summed E-state index contributed by atoms with van der Waals surface area (Å²) in [5.74, 6) is 2.31. The average molecular weight is 652 g/mol. The molecule has 0 fully saturated rings. The molecule has 51 heavy (non-hydrogen) atoms. The SMILES string of the molecule is c1ccc(-c2cc(-c3ccccc3)nc(-c3ccc4c(c3)Oc3ccccc3C43c4ccccc4-n4c5ccccc5c5cccc3c54)n2)cc1. The fourth-order valence-corrected chi connectivity index (χ4v) is 8.56. The lowest BCUT2D eigenvalue weighted by Crippen LogP contribution is -2.37. The van der Waals surface area contributed by atoms with Crippen LogP contribution in [0, 0.1) is 0 Å². The van der Waals surface area contributed by atoms with Crippen molar-refractivity contribution in [2.45, 2.75) is 5.41 Å². The van der Waals surface area contributed by atoms with Gasteiger partial charge in [-0.15, -0.1) is 0 Å². The molecule has 238 valence electrons. The molecule has 0 N–H and O–H groups in total. The molecule has 4 heterocycles. The highest BCUT2D eigenvalue weighted by Gasteiger charge is 2.50. The van der Waals surface area contributed by atoms with Crippen molar-refractivity contribution in [3.05, 3.63) is 198 Å². The first kappa shape index (κ1) is 28.1. The molecule has 11 rings (SSSR count). The van der Waals surface area contributed by atoms with Crippen LogP contribution in [0.1, 0.15) is 22.3 Å². The summed E-state index contributed by atoms with van der Waals surface area (Å²) in [6.45, 7) is 0. The summed E-state index contributed by atoms with van der Waals surface area (Å²) in [7, 11) is 0. The number of ether oxygens (including phenoxy) is 1. The Morgan fingerprint density at radius 2 is 1.04 bits per heavy atom. The van der Waals surface area contributed by atoms with Crippen LogP contribution >= 0.6 is 0 Å². The highest BCUT2D eigenvalue weighted by Crippen LogP contribution is 2.60. The smallest absolute Gasteiger partial charge is 0.160 e. The van der Waals surface area contributed by atoms with Crippen LogP contribution in [0.4, 0.5) is 0 Å². The van der Waals surface area contributed by atoms with Crippen LogP contribution in [-0.4, -0.2) is 14.5 Å². The van der Waals surface area contributed by atoms with Gasteiger partial charge < -0.3 is 9.30 Å². The molecule has 2 aliphatic heterocycles. The lowest BCUT2D eigenvalue weighted by molar-refractivity contribution is 0.434. The second-order valence-electron chi connectivity index (χ2n) is 13.3. The highest BCUT2D eigenvalue weighted by atomic mass is 16.5. The minimum absolute atomic E-state index is 0.620. The zero-order chi connectivity index (χ0) is 33.5. The first-order valence-electron chi connectivity index (χ1n) is 17.3. The number of fused-ring (bicyclic) bond motifs is 11. The Kier molecular flexibility index (Phi) is 5.84. The second kappa shape index (κ2) is 10.6. The van der Waals surface area contributed by atoms with Gasteiger partial charge in [-0.25, -0.2) is 9.97 Å². The summed E-state index contributed by atoms with van der Waals surface area (Å²) in [5, 5.41) is 2.50. The third kappa shape index (κ3) is 3.90. The number of benzene rings is 7. The molecule has 0 saturated heterocycles. The predicted molar refractivity (Wildman–Crippen MR) is 205 cm³/mol. The number of hydrogen-bond donors (Lipinski definition) is 0. The summed E-state index contributed by atoms with van der Waals surface area (Å²) in [6.07, 6.45) is 0. The van der Waals surface area contributed by atoms with E-state index in [2.05, 4.69) is 144 Å². The van der Waals surface area contributed by atoms with Gasteiger partial charge in [0.2, 0.25) is 0 Å². The molecule has 1 spiro atoms. The lowest BCUT2D eigenvalue weighted by atomic mass is 9.61. The van der Waals surface area contributed by atoms with Crippen LogP contribution in [-0.2, 0) is 5.41 Å². The summed E-state index contributed by atoms with van der Waals surface area (Å²) in [4.78, 5) is 10.3. The normalized spacial score (nSPS) is 15.3. The molecule has 2 aromatic heterocycles. The third-order valence-corrected chi connectivity index (χ3v) is 10.7. The van der Waals surface area contributed by atoms with E-state index in [0.717, 1.165) is 50.7 Å². The summed E-state index contributed by atoms with van der Waals surface area (Å²) < 4.78 is 9.35. The third-order valence-electron chi connectivity index (χ3n) is 10.7. The zero-order valence-corrected chi connectivity index (χ0v) is 27.5. The first-order chi connectivity index (χ1) is 25.3. The fourth-order valence-electron chi connectivity index (χ4n) is 8.56. The van der Waals surface area contributed by atoms with Gasteiger partial charge in [0, 0.05) is 38.6 Å². The van der Waals surface area contributed by atoms with Gasteiger partial charge in [-0.05, 0) is 41.5 Å². The fraction of sp³-hybridized carbons (Fsp3) is 0.0213. The van der Waals surface area contributed by atoms with Crippen molar-refractivity contribution in [3.8, 4) is 51.1 Å². The molecule has 0 radical (unpaired) electrons. The van der Waals surface area contributed by atoms with E-state index in [1.54, 1.807) is 0 Å². The highest BCUT2D eigenvalue weighted by molar-refractivity contribution is 6.12. The van der Waals surface area contributed by atoms with E-state index in [9.17, 15) is 0 Å². The van der Waals surface area contributed by atoms with Crippen molar-refractivity contribution in [1.29, 1.82) is 0 Å². The second-order valence-corrected chi connectivity index (χ2v) is 13.3. The largest absolute Gasteiger partial charge is 0.457 e. The van der Waals surface area contributed by atoms with E-state index >= 15 is 0 Å².